The summed E-state index contributed by atoms with van der Waals surface area (Å²) in [4.78, 5) is 32.5. The number of benzene rings is 1. The number of piperidine rings is 1. The number of likely N-dealkylation sites (tertiary alicyclic amines) is 1. The number of hydrogen-bond acceptors (Lipinski definition) is 4. The average molecular weight is 400 g/mol. The molecule has 0 aromatic heterocycles. The molecule has 0 spiro atoms. The standard InChI is InChI=1S/C23H33N3O3/c1-17-12-18(2)14-20(13-17)23(28)26-6-3-4-19(15-26)22(27)25-9-7-24(8-10-25)21-5-11-29-16-21/h12-14,19,21H,3-11,15-16H2,1-2H3. The molecule has 3 heterocycles. The summed E-state index contributed by atoms with van der Waals surface area (Å²) in [5, 5.41) is 0. The molecule has 2 amide bonds. The number of hydrogen-bond donors (Lipinski definition) is 0. The lowest BCUT2D eigenvalue weighted by Gasteiger charge is -2.40. The number of carbonyl (C=O) groups is 2. The molecule has 3 aliphatic heterocycles. The second-order valence-electron chi connectivity index (χ2n) is 8.85. The Bertz CT molecular complexity index is 731. The van der Waals surface area contributed by atoms with Crippen molar-refractivity contribution in [1.29, 1.82) is 0 Å². The van der Waals surface area contributed by atoms with Gasteiger partial charge in [-0.15, -0.1) is 0 Å². The van der Waals surface area contributed by atoms with Gasteiger partial charge in [-0.25, -0.2) is 0 Å². The van der Waals surface area contributed by atoms with Gasteiger partial charge in [0.2, 0.25) is 5.91 Å². The molecule has 4 rings (SSSR count). The summed E-state index contributed by atoms with van der Waals surface area (Å²) in [7, 11) is 0. The van der Waals surface area contributed by atoms with Crippen LogP contribution in [-0.4, -0.2) is 85.0 Å². The summed E-state index contributed by atoms with van der Waals surface area (Å²) in [5.74, 6) is 0.213. The molecule has 6 heteroatoms. The van der Waals surface area contributed by atoms with Crippen molar-refractivity contribution in [3.63, 3.8) is 0 Å². The first-order valence-electron chi connectivity index (χ1n) is 11.0. The lowest BCUT2D eigenvalue weighted by molar-refractivity contribution is -0.139. The van der Waals surface area contributed by atoms with Crippen molar-refractivity contribution in [3.05, 3.63) is 34.9 Å². The Morgan fingerprint density at radius 2 is 1.66 bits per heavy atom. The summed E-state index contributed by atoms with van der Waals surface area (Å²) >= 11 is 0. The van der Waals surface area contributed by atoms with Gasteiger partial charge in [-0.1, -0.05) is 17.2 Å². The van der Waals surface area contributed by atoms with Gasteiger partial charge in [0.25, 0.3) is 5.91 Å². The van der Waals surface area contributed by atoms with Crippen LogP contribution in [0.4, 0.5) is 0 Å². The van der Waals surface area contributed by atoms with Crippen LogP contribution in [0.2, 0.25) is 0 Å². The molecule has 0 bridgehead atoms. The maximum absolute atomic E-state index is 13.1. The van der Waals surface area contributed by atoms with Crippen molar-refractivity contribution in [2.75, 3.05) is 52.5 Å². The van der Waals surface area contributed by atoms with Gasteiger partial charge in [0.05, 0.1) is 12.5 Å². The topological polar surface area (TPSA) is 53.1 Å². The first-order chi connectivity index (χ1) is 14.0. The van der Waals surface area contributed by atoms with Crippen LogP contribution in [0.25, 0.3) is 0 Å². The van der Waals surface area contributed by atoms with Crippen LogP contribution in [-0.2, 0) is 9.53 Å². The SMILES string of the molecule is Cc1cc(C)cc(C(=O)N2CCCC(C(=O)N3CCN(C4CCOC4)CC3)C2)c1. The Morgan fingerprint density at radius 3 is 2.31 bits per heavy atom. The highest BCUT2D eigenvalue weighted by molar-refractivity contribution is 5.95. The van der Waals surface area contributed by atoms with Crippen molar-refractivity contribution in [2.45, 2.75) is 39.2 Å². The van der Waals surface area contributed by atoms with Crippen LogP contribution in [0.15, 0.2) is 18.2 Å². The van der Waals surface area contributed by atoms with Crippen LogP contribution < -0.4 is 0 Å². The highest BCUT2D eigenvalue weighted by Crippen LogP contribution is 2.23. The second-order valence-corrected chi connectivity index (χ2v) is 8.85. The predicted octanol–water partition coefficient (Wildman–Crippen LogP) is 2.09. The molecule has 1 aromatic rings. The van der Waals surface area contributed by atoms with Crippen LogP contribution in [0.1, 0.15) is 40.7 Å². The normalized spacial score (nSPS) is 26.0. The monoisotopic (exact) mass is 399 g/mol. The van der Waals surface area contributed by atoms with Gasteiger partial charge in [-0.05, 0) is 45.2 Å². The molecule has 3 fully saturated rings. The fraction of sp³-hybridized carbons (Fsp3) is 0.652. The van der Waals surface area contributed by atoms with Gasteiger partial charge in [0.15, 0.2) is 0 Å². The van der Waals surface area contributed by atoms with E-state index in [4.69, 9.17) is 4.74 Å². The van der Waals surface area contributed by atoms with Crippen LogP contribution in [0, 0.1) is 19.8 Å². The average Bonchev–Trinajstić information content (AvgIpc) is 3.27. The number of nitrogens with zero attached hydrogens (tertiary/aromatic N) is 3. The van der Waals surface area contributed by atoms with Crippen LogP contribution in [0.5, 0.6) is 0 Å². The molecule has 29 heavy (non-hydrogen) atoms. The molecular formula is C23H33N3O3. The van der Waals surface area contributed by atoms with Crippen LogP contribution in [0.3, 0.4) is 0 Å². The fourth-order valence-corrected chi connectivity index (χ4v) is 5.02. The maximum Gasteiger partial charge on any atom is 0.253 e. The number of carbonyl (C=O) groups excluding carboxylic acids is 2. The molecule has 0 aliphatic carbocycles. The molecule has 3 aliphatic rings. The third-order valence-electron chi connectivity index (χ3n) is 6.57. The van der Waals surface area contributed by atoms with E-state index in [1.165, 1.54) is 0 Å². The summed E-state index contributed by atoms with van der Waals surface area (Å²) in [5.41, 5.74) is 2.94. The molecular weight excluding hydrogens is 366 g/mol. The summed E-state index contributed by atoms with van der Waals surface area (Å²) in [6, 6.07) is 6.50. The third-order valence-corrected chi connectivity index (χ3v) is 6.57. The number of amides is 2. The molecule has 3 saturated heterocycles. The Labute approximate surface area is 173 Å². The molecule has 1 aromatic carbocycles. The Hall–Kier alpha value is -1.92. The Morgan fingerprint density at radius 1 is 0.931 bits per heavy atom. The van der Waals surface area contributed by atoms with E-state index in [1.807, 2.05) is 35.8 Å². The zero-order valence-corrected chi connectivity index (χ0v) is 17.7. The van der Waals surface area contributed by atoms with Gasteiger partial charge in [-0.2, -0.15) is 0 Å². The lowest BCUT2D eigenvalue weighted by atomic mass is 9.95. The first kappa shape index (κ1) is 20.4. The molecule has 2 atom stereocenters. The lowest BCUT2D eigenvalue weighted by Crippen LogP contribution is -2.55. The van der Waals surface area contributed by atoms with E-state index in [1.54, 1.807) is 0 Å². The molecule has 2 unspecified atom stereocenters. The van der Waals surface area contributed by atoms with Gasteiger partial charge < -0.3 is 14.5 Å². The van der Waals surface area contributed by atoms with Gasteiger partial charge in [0, 0.05) is 57.5 Å². The molecule has 158 valence electrons. The minimum absolute atomic E-state index is 0.0559. The van der Waals surface area contributed by atoms with Crippen molar-refractivity contribution >= 4 is 11.8 Å². The number of aryl methyl sites for hydroxylation is 2. The smallest absolute Gasteiger partial charge is 0.253 e. The maximum atomic E-state index is 13.1. The van der Waals surface area contributed by atoms with E-state index >= 15 is 0 Å². The fourth-order valence-electron chi connectivity index (χ4n) is 5.02. The Kier molecular flexibility index (Phi) is 6.20. The first-order valence-corrected chi connectivity index (χ1v) is 11.0. The summed E-state index contributed by atoms with van der Waals surface area (Å²) in [6.07, 6.45) is 2.88. The van der Waals surface area contributed by atoms with E-state index in [9.17, 15) is 9.59 Å². The minimum Gasteiger partial charge on any atom is -0.380 e. The van der Waals surface area contributed by atoms with E-state index < -0.39 is 0 Å². The number of piperazine rings is 1. The van der Waals surface area contributed by atoms with Crippen LogP contribution >= 0.6 is 0 Å². The predicted molar refractivity (Wildman–Crippen MR) is 112 cm³/mol. The van der Waals surface area contributed by atoms with Crippen molar-refractivity contribution in [3.8, 4) is 0 Å². The highest BCUT2D eigenvalue weighted by atomic mass is 16.5. The van der Waals surface area contributed by atoms with E-state index in [-0.39, 0.29) is 17.7 Å². The van der Waals surface area contributed by atoms with Gasteiger partial charge in [0.1, 0.15) is 0 Å². The van der Waals surface area contributed by atoms with E-state index in [0.29, 0.717) is 12.6 Å². The number of rotatable bonds is 3. The van der Waals surface area contributed by atoms with Crippen molar-refractivity contribution in [1.82, 2.24) is 14.7 Å². The van der Waals surface area contributed by atoms with E-state index in [0.717, 1.165) is 81.9 Å². The largest absolute Gasteiger partial charge is 0.380 e. The molecule has 0 N–H and O–H groups in total. The van der Waals surface area contributed by atoms with Gasteiger partial charge >= 0.3 is 0 Å². The third kappa shape index (κ3) is 4.64. The van der Waals surface area contributed by atoms with Crippen molar-refractivity contribution in [2.24, 2.45) is 5.92 Å². The molecule has 0 saturated carbocycles. The second kappa shape index (κ2) is 8.84. The minimum atomic E-state index is -0.0695. The quantitative estimate of drug-likeness (QED) is 0.781. The van der Waals surface area contributed by atoms with E-state index in [2.05, 4.69) is 11.0 Å². The van der Waals surface area contributed by atoms with Crippen molar-refractivity contribution < 1.29 is 14.3 Å². The summed E-state index contributed by atoms with van der Waals surface area (Å²) < 4.78 is 5.51. The molecule has 6 nitrogen and oxygen atoms in total. The summed E-state index contributed by atoms with van der Waals surface area (Å²) in [6.45, 7) is 10.4. The number of ether oxygens (including phenoxy) is 1. The molecule has 0 radical (unpaired) electrons. The highest BCUT2D eigenvalue weighted by Gasteiger charge is 2.34. The Balaban J connectivity index is 1.34. The zero-order valence-electron chi connectivity index (χ0n) is 17.7. The van der Waals surface area contributed by atoms with Gasteiger partial charge in [-0.3, -0.25) is 14.5 Å². The zero-order chi connectivity index (χ0) is 20.4.